The van der Waals surface area contributed by atoms with Gasteiger partial charge in [0, 0.05) is 5.92 Å². The number of rotatable bonds is 2. The summed E-state index contributed by atoms with van der Waals surface area (Å²) in [4.78, 5) is 19.5. The maximum Gasteiger partial charge on any atom is 0.258 e. The number of fused-ring (bicyclic) bond motifs is 1. The molecule has 1 N–H and O–H groups in total. The third kappa shape index (κ3) is 2.15. The fourth-order valence-corrected chi connectivity index (χ4v) is 2.21. The average Bonchev–Trinajstić information content (AvgIpc) is 2.47. The van der Waals surface area contributed by atoms with Crippen molar-refractivity contribution in [3.8, 4) is 0 Å². The lowest BCUT2D eigenvalue weighted by atomic mass is 10.0. The van der Waals surface area contributed by atoms with Crippen molar-refractivity contribution in [2.24, 2.45) is 0 Å². The summed E-state index contributed by atoms with van der Waals surface area (Å²) in [6, 6.07) is 17.4. The van der Waals surface area contributed by atoms with Gasteiger partial charge in [-0.3, -0.25) is 4.79 Å². The lowest BCUT2D eigenvalue weighted by Crippen LogP contribution is -2.14. The average molecular weight is 250 g/mol. The summed E-state index contributed by atoms with van der Waals surface area (Å²) in [7, 11) is 0. The van der Waals surface area contributed by atoms with Crippen molar-refractivity contribution in [2.75, 3.05) is 0 Å². The second-order valence-corrected chi connectivity index (χ2v) is 4.60. The lowest BCUT2D eigenvalue weighted by molar-refractivity contribution is 0.818. The summed E-state index contributed by atoms with van der Waals surface area (Å²) in [6.45, 7) is 2.04. The molecule has 0 radical (unpaired) electrons. The molecule has 3 aromatic rings. The quantitative estimate of drug-likeness (QED) is 0.759. The first-order valence-corrected chi connectivity index (χ1v) is 6.29. The molecule has 1 aromatic heterocycles. The molecule has 3 rings (SSSR count). The van der Waals surface area contributed by atoms with E-state index in [1.165, 1.54) is 0 Å². The van der Waals surface area contributed by atoms with Crippen LogP contribution < -0.4 is 5.56 Å². The summed E-state index contributed by atoms with van der Waals surface area (Å²) < 4.78 is 0. The van der Waals surface area contributed by atoms with Gasteiger partial charge in [-0.15, -0.1) is 0 Å². The van der Waals surface area contributed by atoms with Crippen molar-refractivity contribution >= 4 is 10.9 Å². The molecule has 94 valence electrons. The third-order valence-electron chi connectivity index (χ3n) is 3.34. The van der Waals surface area contributed by atoms with Crippen LogP contribution in [0, 0.1) is 0 Å². The van der Waals surface area contributed by atoms with E-state index >= 15 is 0 Å². The standard InChI is InChI=1S/C16H14N2O/c1-11(12-7-3-2-4-8-12)15-17-14-10-6-5-9-13(14)16(19)18-15/h2-11H,1H3,(H,17,18,19). The van der Waals surface area contributed by atoms with E-state index in [4.69, 9.17) is 0 Å². The highest BCUT2D eigenvalue weighted by Crippen LogP contribution is 2.20. The SMILES string of the molecule is CC(c1ccccc1)c1nc2ccccc2c(=O)[nH]1. The van der Waals surface area contributed by atoms with Gasteiger partial charge in [0.15, 0.2) is 0 Å². The van der Waals surface area contributed by atoms with E-state index in [0.29, 0.717) is 11.2 Å². The normalized spacial score (nSPS) is 12.5. The number of benzene rings is 2. The molecular weight excluding hydrogens is 236 g/mol. The van der Waals surface area contributed by atoms with E-state index in [-0.39, 0.29) is 11.5 Å². The number of nitrogens with one attached hydrogen (secondary N) is 1. The van der Waals surface area contributed by atoms with E-state index in [9.17, 15) is 4.79 Å². The summed E-state index contributed by atoms with van der Waals surface area (Å²) in [6.07, 6.45) is 0. The summed E-state index contributed by atoms with van der Waals surface area (Å²) in [5.41, 5.74) is 1.80. The molecule has 3 nitrogen and oxygen atoms in total. The molecule has 1 unspecified atom stereocenters. The van der Waals surface area contributed by atoms with Crippen molar-refractivity contribution in [3.63, 3.8) is 0 Å². The zero-order chi connectivity index (χ0) is 13.2. The zero-order valence-electron chi connectivity index (χ0n) is 10.6. The molecule has 1 heterocycles. The Morgan fingerprint density at radius 2 is 1.68 bits per heavy atom. The molecule has 0 amide bonds. The van der Waals surface area contributed by atoms with Crippen LogP contribution in [-0.4, -0.2) is 9.97 Å². The van der Waals surface area contributed by atoms with Crippen molar-refractivity contribution < 1.29 is 0 Å². The Labute approximate surface area is 111 Å². The summed E-state index contributed by atoms with van der Waals surface area (Å²) >= 11 is 0. The third-order valence-corrected chi connectivity index (χ3v) is 3.34. The number of para-hydroxylation sites is 1. The minimum atomic E-state index is -0.0802. The Bertz CT molecular complexity index is 762. The first kappa shape index (κ1) is 11.7. The van der Waals surface area contributed by atoms with Crippen LogP contribution in [0.4, 0.5) is 0 Å². The highest BCUT2D eigenvalue weighted by Gasteiger charge is 2.12. The second kappa shape index (κ2) is 4.69. The predicted molar refractivity (Wildman–Crippen MR) is 76.3 cm³/mol. The molecule has 3 heteroatoms. The van der Waals surface area contributed by atoms with Gasteiger partial charge in [-0.25, -0.2) is 4.98 Å². The van der Waals surface area contributed by atoms with E-state index in [2.05, 4.69) is 9.97 Å². The number of aromatic amines is 1. The lowest BCUT2D eigenvalue weighted by Gasteiger charge is -2.11. The van der Waals surface area contributed by atoms with Gasteiger partial charge in [0.05, 0.1) is 10.9 Å². The fourth-order valence-electron chi connectivity index (χ4n) is 2.21. The van der Waals surface area contributed by atoms with E-state index < -0.39 is 0 Å². The van der Waals surface area contributed by atoms with Gasteiger partial charge in [0.25, 0.3) is 5.56 Å². The predicted octanol–water partition coefficient (Wildman–Crippen LogP) is 3.07. The van der Waals surface area contributed by atoms with Crippen molar-refractivity contribution in [1.29, 1.82) is 0 Å². The highest BCUT2D eigenvalue weighted by molar-refractivity contribution is 5.77. The number of hydrogen-bond acceptors (Lipinski definition) is 2. The van der Waals surface area contributed by atoms with E-state index in [1.807, 2.05) is 55.5 Å². The minimum Gasteiger partial charge on any atom is -0.309 e. The molecule has 0 aliphatic heterocycles. The first-order chi connectivity index (χ1) is 9.25. The molecule has 0 fully saturated rings. The van der Waals surface area contributed by atoms with Gasteiger partial charge in [0.2, 0.25) is 0 Å². The fraction of sp³-hybridized carbons (Fsp3) is 0.125. The molecule has 0 aliphatic carbocycles. The first-order valence-electron chi connectivity index (χ1n) is 6.29. The number of hydrogen-bond donors (Lipinski definition) is 1. The highest BCUT2D eigenvalue weighted by atomic mass is 16.1. The minimum absolute atomic E-state index is 0.0681. The van der Waals surface area contributed by atoms with Crippen LogP contribution in [-0.2, 0) is 0 Å². The molecule has 1 atom stereocenters. The van der Waals surface area contributed by atoms with Crippen LogP contribution in [0.15, 0.2) is 59.4 Å². The van der Waals surface area contributed by atoms with Gasteiger partial charge >= 0.3 is 0 Å². The number of aromatic nitrogens is 2. The van der Waals surface area contributed by atoms with Crippen LogP contribution >= 0.6 is 0 Å². The van der Waals surface area contributed by atoms with Gasteiger partial charge in [0.1, 0.15) is 5.82 Å². The van der Waals surface area contributed by atoms with Gasteiger partial charge in [-0.2, -0.15) is 0 Å². The largest absolute Gasteiger partial charge is 0.309 e. The van der Waals surface area contributed by atoms with Gasteiger partial charge < -0.3 is 4.98 Å². The molecule has 0 saturated carbocycles. The Kier molecular flexibility index (Phi) is 2.88. The Hall–Kier alpha value is -2.42. The van der Waals surface area contributed by atoms with E-state index in [1.54, 1.807) is 6.07 Å². The Morgan fingerprint density at radius 1 is 1.00 bits per heavy atom. The molecule has 0 aliphatic rings. The maximum atomic E-state index is 12.0. The topological polar surface area (TPSA) is 45.8 Å². The van der Waals surface area contributed by atoms with Crippen LogP contribution in [0.25, 0.3) is 10.9 Å². The molecule has 0 saturated heterocycles. The summed E-state index contributed by atoms with van der Waals surface area (Å²) in [5, 5.41) is 0.631. The number of H-pyrrole nitrogens is 1. The van der Waals surface area contributed by atoms with Crippen molar-refractivity contribution in [2.45, 2.75) is 12.8 Å². The molecule has 0 spiro atoms. The van der Waals surface area contributed by atoms with Crippen LogP contribution in [0.2, 0.25) is 0 Å². The van der Waals surface area contributed by atoms with Gasteiger partial charge in [-0.1, -0.05) is 49.4 Å². The zero-order valence-corrected chi connectivity index (χ0v) is 10.6. The molecule has 2 aromatic carbocycles. The maximum absolute atomic E-state index is 12.0. The van der Waals surface area contributed by atoms with Crippen molar-refractivity contribution in [1.82, 2.24) is 9.97 Å². The molecular formula is C16H14N2O. The Morgan fingerprint density at radius 3 is 2.47 bits per heavy atom. The number of nitrogens with zero attached hydrogens (tertiary/aromatic N) is 1. The van der Waals surface area contributed by atoms with Crippen LogP contribution in [0.1, 0.15) is 24.2 Å². The van der Waals surface area contributed by atoms with Crippen LogP contribution in [0.3, 0.4) is 0 Å². The van der Waals surface area contributed by atoms with Crippen molar-refractivity contribution in [3.05, 3.63) is 76.3 Å². The van der Waals surface area contributed by atoms with Crippen LogP contribution in [0.5, 0.6) is 0 Å². The smallest absolute Gasteiger partial charge is 0.258 e. The second-order valence-electron chi connectivity index (χ2n) is 4.60. The molecule has 19 heavy (non-hydrogen) atoms. The van der Waals surface area contributed by atoms with E-state index in [0.717, 1.165) is 11.1 Å². The Balaban J connectivity index is 2.14. The monoisotopic (exact) mass is 250 g/mol. The molecule has 0 bridgehead atoms. The van der Waals surface area contributed by atoms with Gasteiger partial charge in [-0.05, 0) is 17.7 Å². The summed E-state index contributed by atoms with van der Waals surface area (Å²) in [5.74, 6) is 0.772.